The molecule has 0 spiro atoms. The first-order chi connectivity index (χ1) is 12.8. The molecule has 0 heteroatoms. The van der Waals surface area contributed by atoms with Crippen LogP contribution in [0, 0.1) is 0 Å². The van der Waals surface area contributed by atoms with E-state index in [0.717, 1.165) is 25.7 Å². The van der Waals surface area contributed by atoms with E-state index in [4.69, 9.17) is 0 Å². The fourth-order valence-corrected chi connectivity index (χ4v) is 3.33. The van der Waals surface area contributed by atoms with Crippen molar-refractivity contribution in [3.8, 4) is 11.1 Å². The third-order valence-electron chi connectivity index (χ3n) is 4.86. The molecule has 132 valence electrons. The molecule has 3 aromatic rings. The molecule has 0 unspecified atom stereocenters. The van der Waals surface area contributed by atoms with E-state index in [1.54, 1.807) is 0 Å². The molecular formula is C26H28. The van der Waals surface area contributed by atoms with E-state index < -0.39 is 0 Å². The Morgan fingerprint density at radius 3 is 1.81 bits per heavy atom. The number of allylic oxidation sites excluding steroid dienone is 4. The van der Waals surface area contributed by atoms with Crippen LogP contribution in [0.2, 0.25) is 0 Å². The van der Waals surface area contributed by atoms with Crippen molar-refractivity contribution in [3.05, 3.63) is 96.1 Å². The average Bonchev–Trinajstić information content (AvgIpc) is 2.68. The van der Waals surface area contributed by atoms with Gasteiger partial charge in [0.05, 0.1) is 0 Å². The molecule has 0 aromatic heterocycles. The van der Waals surface area contributed by atoms with Gasteiger partial charge in [-0.05, 0) is 78.6 Å². The van der Waals surface area contributed by atoms with Gasteiger partial charge in [0.15, 0.2) is 0 Å². The van der Waals surface area contributed by atoms with Crippen molar-refractivity contribution in [1.82, 2.24) is 0 Å². The highest BCUT2D eigenvalue weighted by Crippen LogP contribution is 2.26. The van der Waals surface area contributed by atoms with Crippen molar-refractivity contribution in [2.24, 2.45) is 0 Å². The molecule has 0 radical (unpaired) electrons. The van der Waals surface area contributed by atoms with E-state index in [2.05, 4.69) is 98.8 Å². The van der Waals surface area contributed by atoms with Gasteiger partial charge in [0.2, 0.25) is 0 Å². The first-order valence-corrected chi connectivity index (χ1v) is 9.64. The van der Waals surface area contributed by atoms with E-state index in [0.29, 0.717) is 0 Å². The number of benzene rings is 3. The van der Waals surface area contributed by atoms with Gasteiger partial charge in [0.1, 0.15) is 0 Å². The molecule has 0 fully saturated rings. The highest BCUT2D eigenvalue weighted by molar-refractivity contribution is 5.87. The Morgan fingerprint density at radius 1 is 0.577 bits per heavy atom. The molecule has 0 amide bonds. The molecule has 3 aromatic carbocycles. The Hall–Kier alpha value is -2.60. The van der Waals surface area contributed by atoms with Crippen LogP contribution in [0.1, 0.15) is 37.8 Å². The molecule has 0 aliphatic rings. The number of hydrogen-bond acceptors (Lipinski definition) is 0. The van der Waals surface area contributed by atoms with Crippen LogP contribution in [-0.2, 0) is 12.8 Å². The van der Waals surface area contributed by atoms with Crippen LogP contribution in [0.4, 0.5) is 0 Å². The monoisotopic (exact) mass is 340 g/mol. The van der Waals surface area contributed by atoms with Gasteiger partial charge >= 0.3 is 0 Å². The van der Waals surface area contributed by atoms with Crippen molar-refractivity contribution in [2.75, 3.05) is 0 Å². The molecule has 0 aliphatic carbocycles. The van der Waals surface area contributed by atoms with Crippen molar-refractivity contribution in [2.45, 2.75) is 39.5 Å². The van der Waals surface area contributed by atoms with Crippen LogP contribution in [0.25, 0.3) is 21.9 Å². The lowest BCUT2D eigenvalue weighted by molar-refractivity contribution is 1.000. The molecule has 0 saturated carbocycles. The first kappa shape index (κ1) is 18.2. The summed E-state index contributed by atoms with van der Waals surface area (Å²) in [4.78, 5) is 0. The summed E-state index contributed by atoms with van der Waals surface area (Å²) >= 11 is 0. The Bertz CT molecular complexity index is 895. The van der Waals surface area contributed by atoms with Gasteiger partial charge in [-0.25, -0.2) is 0 Å². The average molecular weight is 341 g/mol. The van der Waals surface area contributed by atoms with E-state index in [1.165, 1.54) is 33.0 Å². The summed E-state index contributed by atoms with van der Waals surface area (Å²) in [5, 5.41) is 2.64. The first-order valence-electron chi connectivity index (χ1n) is 9.64. The Morgan fingerprint density at radius 2 is 1.12 bits per heavy atom. The topological polar surface area (TPSA) is 0 Å². The number of aryl methyl sites for hydroxylation is 2. The lowest BCUT2D eigenvalue weighted by Crippen LogP contribution is -1.86. The van der Waals surface area contributed by atoms with E-state index in [-0.39, 0.29) is 0 Å². The van der Waals surface area contributed by atoms with Gasteiger partial charge in [-0.2, -0.15) is 0 Å². The van der Waals surface area contributed by atoms with Gasteiger partial charge in [-0.1, -0.05) is 78.9 Å². The zero-order valence-electron chi connectivity index (χ0n) is 15.9. The number of fused-ring (bicyclic) bond motifs is 1. The van der Waals surface area contributed by atoms with E-state index >= 15 is 0 Å². The molecule has 0 saturated heterocycles. The fourth-order valence-electron chi connectivity index (χ4n) is 3.33. The smallest absolute Gasteiger partial charge is 0.0178 e. The van der Waals surface area contributed by atoms with Crippen LogP contribution in [0.3, 0.4) is 0 Å². The Balaban J connectivity index is 1.77. The van der Waals surface area contributed by atoms with Crippen molar-refractivity contribution < 1.29 is 0 Å². The predicted octanol–water partition coefficient (Wildman–Crippen LogP) is 7.52. The quantitative estimate of drug-likeness (QED) is 0.390. The van der Waals surface area contributed by atoms with Gasteiger partial charge in [0.25, 0.3) is 0 Å². The van der Waals surface area contributed by atoms with E-state index in [1.807, 2.05) is 0 Å². The summed E-state index contributed by atoms with van der Waals surface area (Å²) in [6.45, 7) is 4.16. The lowest BCUT2D eigenvalue weighted by Gasteiger charge is -2.07. The minimum atomic E-state index is 1.11. The molecule has 0 aliphatic heterocycles. The summed E-state index contributed by atoms with van der Waals surface area (Å²) in [6, 6.07) is 22.7. The van der Waals surface area contributed by atoms with Gasteiger partial charge in [-0.3, -0.25) is 0 Å². The number of hydrogen-bond donors (Lipinski definition) is 0. The van der Waals surface area contributed by atoms with Crippen LogP contribution < -0.4 is 0 Å². The second-order valence-corrected chi connectivity index (χ2v) is 6.81. The third-order valence-corrected chi connectivity index (χ3v) is 4.86. The zero-order valence-corrected chi connectivity index (χ0v) is 15.9. The molecule has 3 rings (SSSR count). The molecule has 26 heavy (non-hydrogen) atoms. The fraction of sp³-hybridized carbons (Fsp3) is 0.231. The van der Waals surface area contributed by atoms with E-state index in [9.17, 15) is 0 Å². The SMILES string of the molecule is C/C=C/CCc1ccc(-c2ccc3cc(CC/C=C/C)ccc3c2)cc1. The van der Waals surface area contributed by atoms with Crippen LogP contribution >= 0.6 is 0 Å². The van der Waals surface area contributed by atoms with Crippen molar-refractivity contribution in [1.29, 1.82) is 0 Å². The largest absolute Gasteiger partial charge is 0.0917 e. The maximum Gasteiger partial charge on any atom is -0.0178 e. The van der Waals surface area contributed by atoms with Gasteiger partial charge in [-0.15, -0.1) is 0 Å². The summed E-state index contributed by atoms with van der Waals surface area (Å²) in [5.74, 6) is 0. The maximum absolute atomic E-state index is 2.33. The molecule has 0 nitrogen and oxygen atoms in total. The van der Waals surface area contributed by atoms with Crippen molar-refractivity contribution in [3.63, 3.8) is 0 Å². The predicted molar refractivity (Wildman–Crippen MR) is 116 cm³/mol. The van der Waals surface area contributed by atoms with Gasteiger partial charge in [0, 0.05) is 0 Å². The van der Waals surface area contributed by atoms with Crippen LogP contribution in [0.15, 0.2) is 85.0 Å². The molecule has 0 bridgehead atoms. The van der Waals surface area contributed by atoms with Crippen LogP contribution in [-0.4, -0.2) is 0 Å². The van der Waals surface area contributed by atoms with Crippen LogP contribution in [0.5, 0.6) is 0 Å². The molecular weight excluding hydrogens is 312 g/mol. The second kappa shape index (κ2) is 9.20. The highest BCUT2D eigenvalue weighted by Gasteiger charge is 2.02. The standard InChI is InChI=1S/C26H28/c1-3-5-7-9-21-11-14-23(15-12-21)25-18-17-24-19-22(10-8-6-4-2)13-16-26(24)20-25/h3-6,11-20H,7-10H2,1-2H3/b5-3+,6-4+. The summed E-state index contributed by atoms with van der Waals surface area (Å²) < 4.78 is 0. The second-order valence-electron chi connectivity index (χ2n) is 6.81. The van der Waals surface area contributed by atoms with Crippen molar-refractivity contribution >= 4 is 10.8 Å². The Labute approximate surface area is 157 Å². The lowest BCUT2D eigenvalue weighted by atomic mass is 9.97. The molecule has 0 atom stereocenters. The summed E-state index contributed by atoms with van der Waals surface area (Å²) in [7, 11) is 0. The highest BCUT2D eigenvalue weighted by atomic mass is 14.1. The molecule has 0 heterocycles. The normalized spacial score (nSPS) is 11.8. The molecule has 0 N–H and O–H groups in total. The summed E-state index contributed by atoms with van der Waals surface area (Å²) in [5.41, 5.74) is 5.39. The summed E-state index contributed by atoms with van der Waals surface area (Å²) in [6.07, 6.45) is 13.1. The minimum absolute atomic E-state index is 1.11. The zero-order chi connectivity index (χ0) is 18.2. The minimum Gasteiger partial charge on any atom is -0.0917 e. The van der Waals surface area contributed by atoms with Gasteiger partial charge < -0.3 is 0 Å². The third kappa shape index (κ3) is 4.73. The Kier molecular flexibility index (Phi) is 6.44. The maximum atomic E-state index is 2.33. The number of rotatable bonds is 7.